The van der Waals surface area contributed by atoms with Crippen LogP contribution >= 0.6 is 0 Å². The van der Waals surface area contributed by atoms with E-state index in [9.17, 15) is 5.11 Å². The lowest BCUT2D eigenvalue weighted by Gasteiger charge is -2.62. The molecule has 1 unspecified atom stereocenters. The Kier molecular flexibility index (Phi) is 3.39. The molecule has 3 aliphatic carbocycles. The maximum atomic E-state index is 10.7. The first-order chi connectivity index (χ1) is 9.52. The smallest absolute Gasteiger partial charge is 0.0625 e. The van der Waals surface area contributed by atoms with Crippen molar-refractivity contribution in [1.82, 2.24) is 0 Å². The molecule has 5 atom stereocenters. The maximum absolute atomic E-state index is 10.7. The lowest BCUT2D eigenvalue weighted by atomic mass is 9.43. The van der Waals surface area contributed by atoms with Crippen LogP contribution in [-0.2, 0) is 0 Å². The molecule has 0 aliphatic heterocycles. The summed E-state index contributed by atoms with van der Waals surface area (Å²) in [6.45, 7) is 14.2. The fourth-order valence-corrected chi connectivity index (χ4v) is 7.59. The van der Waals surface area contributed by atoms with Gasteiger partial charge < -0.3 is 5.11 Å². The average molecular weight is 293 g/mol. The predicted octanol–water partition coefficient (Wildman–Crippen LogP) is 5.42. The second-order valence-corrected chi connectivity index (χ2v) is 10.3. The Morgan fingerprint density at radius 3 is 2.10 bits per heavy atom. The van der Waals surface area contributed by atoms with E-state index < -0.39 is 5.60 Å². The van der Waals surface area contributed by atoms with Crippen LogP contribution in [0.1, 0.15) is 86.5 Å². The van der Waals surface area contributed by atoms with Crippen molar-refractivity contribution in [2.24, 2.45) is 34.0 Å². The Morgan fingerprint density at radius 1 is 0.810 bits per heavy atom. The molecule has 3 aliphatic rings. The second kappa shape index (κ2) is 4.49. The van der Waals surface area contributed by atoms with E-state index >= 15 is 0 Å². The molecule has 0 radical (unpaired) electrons. The molecule has 21 heavy (non-hydrogen) atoms. The summed E-state index contributed by atoms with van der Waals surface area (Å²) in [7, 11) is 0. The molecule has 122 valence electrons. The van der Waals surface area contributed by atoms with Gasteiger partial charge in [-0.15, -0.1) is 0 Å². The highest BCUT2D eigenvalue weighted by molar-refractivity contribution is 5.12. The van der Waals surface area contributed by atoms with Crippen molar-refractivity contribution in [3.05, 3.63) is 0 Å². The molecule has 0 amide bonds. The van der Waals surface area contributed by atoms with Crippen LogP contribution in [-0.4, -0.2) is 10.7 Å². The topological polar surface area (TPSA) is 20.2 Å². The summed E-state index contributed by atoms with van der Waals surface area (Å²) in [6, 6.07) is 0. The van der Waals surface area contributed by atoms with Crippen LogP contribution in [0.25, 0.3) is 0 Å². The van der Waals surface area contributed by atoms with Crippen LogP contribution in [0.5, 0.6) is 0 Å². The normalized spacial score (nSPS) is 49.6. The molecular weight excluding hydrogens is 256 g/mol. The third-order valence-electron chi connectivity index (χ3n) is 8.23. The molecule has 3 fully saturated rings. The van der Waals surface area contributed by atoms with Gasteiger partial charge in [-0.2, -0.15) is 0 Å². The Hall–Kier alpha value is -0.0400. The van der Waals surface area contributed by atoms with Crippen LogP contribution in [0.4, 0.5) is 0 Å². The first-order valence-electron chi connectivity index (χ1n) is 9.24. The lowest BCUT2D eigenvalue weighted by molar-refractivity contribution is -0.146. The van der Waals surface area contributed by atoms with E-state index in [2.05, 4.69) is 27.7 Å². The summed E-state index contributed by atoms with van der Waals surface area (Å²) in [4.78, 5) is 0. The van der Waals surface area contributed by atoms with Crippen molar-refractivity contribution >= 4 is 0 Å². The van der Waals surface area contributed by atoms with Crippen molar-refractivity contribution in [2.75, 3.05) is 0 Å². The van der Waals surface area contributed by atoms with Crippen LogP contribution < -0.4 is 0 Å². The highest BCUT2D eigenvalue weighted by Crippen LogP contribution is 2.70. The number of hydrogen-bond acceptors (Lipinski definition) is 1. The van der Waals surface area contributed by atoms with Gasteiger partial charge in [0.25, 0.3) is 0 Å². The largest absolute Gasteiger partial charge is 0.390 e. The summed E-state index contributed by atoms with van der Waals surface area (Å²) in [5.74, 6) is 2.19. The van der Waals surface area contributed by atoms with E-state index in [1.807, 2.05) is 13.8 Å². The molecule has 1 nitrogen and oxygen atoms in total. The molecule has 1 heteroatoms. The summed E-state index contributed by atoms with van der Waals surface area (Å²) < 4.78 is 0. The summed E-state index contributed by atoms with van der Waals surface area (Å²) in [5, 5.41) is 10.7. The van der Waals surface area contributed by atoms with Gasteiger partial charge in [-0.05, 0) is 86.4 Å². The monoisotopic (exact) mass is 292 g/mol. The van der Waals surface area contributed by atoms with E-state index in [0.29, 0.717) is 22.2 Å². The molecule has 0 aromatic carbocycles. The average Bonchev–Trinajstić information content (AvgIpc) is 2.66. The summed E-state index contributed by atoms with van der Waals surface area (Å²) in [5.41, 5.74) is 0.865. The zero-order chi connectivity index (χ0) is 15.7. The summed E-state index contributed by atoms with van der Waals surface area (Å²) in [6.07, 6.45) is 9.51. The molecule has 1 N–H and O–H groups in total. The van der Waals surface area contributed by atoms with Gasteiger partial charge in [-0.3, -0.25) is 0 Å². The van der Waals surface area contributed by atoms with Gasteiger partial charge in [-0.25, -0.2) is 0 Å². The SMILES string of the molecule is CC1(C)CCC[C@@]2(C)C1CC[C@@]1(C)[C@@H](C(C)(C)O)CC[C@@H]12. The molecule has 0 saturated heterocycles. The van der Waals surface area contributed by atoms with Crippen molar-refractivity contribution in [1.29, 1.82) is 0 Å². The van der Waals surface area contributed by atoms with Gasteiger partial charge >= 0.3 is 0 Å². The fourth-order valence-electron chi connectivity index (χ4n) is 7.59. The maximum Gasteiger partial charge on any atom is 0.0625 e. The van der Waals surface area contributed by atoms with E-state index in [1.54, 1.807) is 0 Å². The van der Waals surface area contributed by atoms with Crippen LogP contribution in [0.2, 0.25) is 0 Å². The molecule has 0 heterocycles. The molecule has 3 rings (SSSR count). The molecule has 0 bridgehead atoms. The van der Waals surface area contributed by atoms with E-state index in [-0.39, 0.29) is 0 Å². The predicted molar refractivity (Wildman–Crippen MR) is 89.1 cm³/mol. The highest BCUT2D eigenvalue weighted by Gasteiger charge is 2.63. The minimum Gasteiger partial charge on any atom is -0.390 e. The van der Waals surface area contributed by atoms with Crippen LogP contribution in [0.15, 0.2) is 0 Å². The third kappa shape index (κ3) is 2.13. The van der Waals surface area contributed by atoms with E-state index in [4.69, 9.17) is 0 Å². The Balaban J connectivity index is 1.97. The number of fused-ring (bicyclic) bond motifs is 3. The van der Waals surface area contributed by atoms with Gasteiger partial charge in [0.2, 0.25) is 0 Å². The van der Waals surface area contributed by atoms with E-state index in [1.165, 1.54) is 44.9 Å². The van der Waals surface area contributed by atoms with Gasteiger partial charge in [-0.1, -0.05) is 34.1 Å². The first kappa shape index (κ1) is 15.8. The van der Waals surface area contributed by atoms with Crippen LogP contribution in [0, 0.1) is 34.0 Å². The Morgan fingerprint density at radius 2 is 1.48 bits per heavy atom. The molecule has 0 aromatic rings. The number of rotatable bonds is 1. The van der Waals surface area contributed by atoms with Crippen LogP contribution in [0.3, 0.4) is 0 Å². The zero-order valence-electron chi connectivity index (χ0n) is 15.1. The first-order valence-corrected chi connectivity index (χ1v) is 9.24. The zero-order valence-corrected chi connectivity index (χ0v) is 15.1. The Labute approximate surface area is 131 Å². The van der Waals surface area contributed by atoms with Gasteiger partial charge in [0.1, 0.15) is 0 Å². The van der Waals surface area contributed by atoms with Gasteiger partial charge in [0.05, 0.1) is 5.60 Å². The standard InChI is InChI=1S/C20H36O/c1-17(2)11-7-12-19(5)14(17)10-13-20(6)15(18(3,4)21)8-9-16(19)20/h14-16,21H,7-13H2,1-6H3/t14?,15-,16-,19+,20+/m1/s1. The second-order valence-electron chi connectivity index (χ2n) is 10.3. The van der Waals surface area contributed by atoms with Crippen molar-refractivity contribution in [2.45, 2.75) is 92.1 Å². The summed E-state index contributed by atoms with van der Waals surface area (Å²) >= 11 is 0. The molecule has 0 spiro atoms. The van der Waals surface area contributed by atoms with Crippen molar-refractivity contribution < 1.29 is 5.11 Å². The molecule has 3 saturated carbocycles. The van der Waals surface area contributed by atoms with E-state index in [0.717, 1.165) is 11.8 Å². The van der Waals surface area contributed by atoms with Crippen molar-refractivity contribution in [3.63, 3.8) is 0 Å². The highest BCUT2D eigenvalue weighted by atomic mass is 16.3. The molecule has 0 aromatic heterocycles. The lowest BCUT2D eigenvalue weighted by Crippen LogP contribution is -2.56. The van der Waals surface area contributed by atoms with Gasteiger partial charge in [0.15, 0.2) is 0 Å². The Bertz CT molecular complexity index is 418. The van der Waals surface area contributed by atoms with Gasteiger partial charge in [0, 0.05) is 0 Å². The molecular formula is C20H36O. The minimum absolute atomic E-state index is 0.358. The number of hydrogen-bond donors (Lipinski definition) is 1. The number of aliphatic hydroxyl groups is 1. The third-order valence-corrected chi connectivity index (χ3v) is 8.23. The fraction of sp³-hybridized carbons (Fsp3) is 1.00. The quantitative estimate of drug-likeness (QED) is 0.684. The van der Waals surface area contributed by atoms with Crippen molar-refractivity contribution in [3.8, 4) is 0 Å². The minimum atomic E-state index is -0.517.